The van der Waals surface area contributed by atoms with E-state index in [9.17, 15) is 0 Å². The van der Waals surface area contributed by atoms with Crippen LogP contribution >= 0.6 is 0 Å². The molecule has 2 aromatic carbocycles. The predicted molar refractivity (Wildman–Crippen MR) is 92.8 cm³/mol. The van der Waals surface area contributed by atoms with Crippen LogP contribution in [0.15, 0.2) is 67.0 Å². The lowest BCUT2D eigenvalue weighted by molar-refractivity contribution is -0.660. The highest BCUT2D eigenvalue weighted by atomic mass is 16.4. The highest BCUT2D eigenvalue weighted by molar-refractivity contribution is 5.76. The summed E-state index contributed by atoms with van der Waals surface area (Å²) in [7, 11) is 2.11. The Labute approximate surface area is 142 Å². The number of benzene rings is 2. The average molecular weight is 322 g/mol. The Balaban J connectivity index is 0.000000471. The molecule has 0 saturated heterocycles. The Kier molecular flexibility index (Phi) is 5.90. The third-order valence-corrected chi connectivity index (χ3v) is 3.61. The molecule has 0 atom stereocenters. The maximum atomic E-state index is 8.89. The van der Waals surface area contributed by atoms with Gasteiger partial charge in [0.2, 0.25) is 6.33 Å². The van der Waals surface area contributed by atoms with Crippen LogP contribution in [0.2, 0.25) is 0 Å². The van der Waals surface area contributed by atoms with Crippen molar-refractivity contribution >= 4 is 5.97 Å². The average Bonchev–Trinajstić information content (AvgIpc) is 2.92. The van der Waals surface area contributed by atoms with Crippen LogP contribution in [0.3, 0.4) is 0 Å². The summed E-state index contributed by atoms with van der Waals surface area (Å²) < 4.78 is 4.51. The highest BCUT2D eigenvalue weighted by Crippen LogP contribution is 2.29. The second-order valence-corrected chi connectivity index (χ2v) is 5.43. The lowest BCUT2D eigenvalue weighted by Crippen LogP contribution is -2.27. The van der Waals surface area contributed by atoms with Gasteiger partial charge in [-0.1, -0.05) is 60.7 Å². The van der Waals surface area contributed by atoms with Crippen molar-refractivity contribution in [1.82, 2.24) is 4.57 Å². The Hall–Kier alpha value is -2.88. The lowest BCUT2D eigenvalue weighted by Gasteiger charge is -2.03. The van der Waals surface area contributed by atoms with Gasteiger partial charge in [-0.15, -0.1) is 0 Å². The zero-order valence-corrected chi connectivity index (χ0v) is 14.3. The van der Waals surface area contributed by atoms with Crippen molar-refractivity contribution in [2.45, 2.75) is 20.4 Å². The molecule has 4 nitrogen and oxygen atoms in total. The van der Waals surface area contributed by atoms with Gasteiger partial charge in [0.05, 0.1) is 13.6 Å². The number of aromatic nitrogens is 2. The molecule has 0 saturated carbocycles. The number of aliphatic carboxylic acids is 1. The molecule has 0 unspecified atom stereocenters. The molecule has 24 heavy (non-hydrogen) atoms. The number of carboxylic acids is 1. The van der Waals surface area contributed by atoms with Gasteiger partial charge in [-0.25, -0.2) is 9.13 Å². The summed E-state index contributed by atoms with van der Waals surface area (Å²) in [5, 5.41) is 8.89. The van der Waals surface area contributed by atoms with Gasteiger partial charge in [0.25, 0.3) is 0 Å². The Morgan fingerprint density at radius 1 is 1.00 bits per heavy atom. The molecule has 0 spiro atoms. The molecule has 0 amide bonds. The summed E-state index contributed by atoms with van der Waals surface area (Å²) in [6.07, 6.45) is 2.17. The smallest absolute Gasteiger partial charge is 0.244 e. The number of carbonyl (C=O) groups excluding carboxylic acids is 1. The second kappa shape index (κ2) is 8.11. The quantitative estimate of drug-likeness (QED) is 0.695. The monoisotopic (exact) mass is 322 g/mol. The minimum absolute atomic E-state index is 0.963. The summed E-state index contributed by atoms with van der Waals surface area (Å²) in [5.74, 6) is -1.08. The number of nitrogens with zero attached hydrogens (tertiary/aromatic N) is 2. The number of hydrogen-bond donors (Lipinski definition) is 0. The molecule has 124 valence electrons. The SMILES string of the molecule is CC(=O)[O-].CCn1c[n+](C)c(-c2ccccc2)c1-c1ccccc1. The fraction of sp³-hybridized carbons (Fsp3) is 0.200. The summed E-state index contributed by atoms with van der Waals surface area (Å²) in [4.78, 5) is 8.89. The van der Waals surface area contributed by atoms with E-state index in [1.807, 2.05) is 0 Å². The summed E-state index contributed by atoms with van der Waals surface area (Å²) >= 11 is 0. The number of imidazole rings is 1. The van der Waals surface area contributed by atoms with E-state index in [4.69, 9.17) is 9.90 Å². The summed E-state index contributed by atoms with van der Waals surface area (Å²) in [6, 6.07) is 21.2. The van der Waals surface area contributed by atoms with Gasteiger partial charge >= 0.3 is 0 Å². The molecular weight excluding hydrogens is 300 g/mol. The predicted octanol–water partition coefficient (Wildman–Crippen LogP) is 2.42. The largest absolute Gasteiger partial charge is 0.550 e. The second-order valence-electron chi connectivity index (χ2n) is 5.43. The maximum absolute atomic E-state index is 8.89. The van der Waals surface area contributed by atoms with Crippen LogP contribution in [0.1, 0.15) is 13.8 Å². The van der Waals surface area contributed by atoms with Gasteiger partial charge in [-0.05, 0) is 13.8 Å². The molecule has 1 aromatic heterocycles. The van der Waals surface area contributed by atoms with E-state index in [1.54, 1.807) is 0 Å². The first-order valence-corrected chi connectivity index (χ1v) is 7.91. The molecule has 0 N–H and O–H groups in total. The summed E-state index contributed by atoms with van der Waals surface area (Å²) in [5.41, 5.74) is 5.05. The fourth-order valence-corrected chi connectivity index (χ4v) is 2.70. The van der Waals surface area contributed by atoms with Crippen molar-refractivity contribution in [3.8, 4) is 22.5 Å². The molecule has 0 aliphatic heterocycles. The van der Waals surface area contributed by atoms with Crippen LogP contribution in [-0.2, 0) is 18.4 Å². The van der Waals surface area contributed by atoms with Crippen molar-refractivity contribution in [1.29, 1.82) is 0 Å². The van der Waals surface area contributed by atoms with Gasteiger partial charge in [-0.2, -0.15) is 0 Å². The van der Waals surface area contributed by atoms with Crippen molar-refractivity contribution in [3.63, 3.8) is 0 Å². The van der Waals surface area contributed by atoms with Gasteiger partial charge < -0.3 is 9.90 Å². The van der Waals surface area contributed by atoms with E-state index in [0.29, 0.717) is 0 Å². The van der Waals surface area contributed by atoms with Crippen LogP contribution in [-0.4, -0.2) is 10.5 Å². The normalized spacial score (nSPS) is 9.96. The zero-order chi connectivity index (χ0) is 17.5. The van der Waals surface area contributed by atoms with Gasteiger partial charge in [0.15, 0.2) is 11.4 Å². The molecular formula is C20H22N2O2. The van der Waals surface area contributed by atoms with E-state index in [-0.39, 0.29) is 0 Å². The minimum Gasteiger partial charge on any atom is -0.550 e. The van der Waals surface area contributed by atoms with Gasteiger partial charge in [-0.3, -0.25) is 0 Å². The number of hydrogen-bond acceptors (Lipinski definition) is 2. The summed E-state index contributed by atoms with van der Waals surface area (Å²) in [6.45, 7) is 4.12. The first-order chi connectivity index (χ1) is 11.5. The first kappa shape index (κ1) is 17.5. The van der Waals surface area contributed by atoms with E-state index < -0.39 is 5.97 Å². The maximum Gasteiger partial charge on any atom is 0.244 e. The van der Waals surface area contributed by atoms with Crippen LogP contribution < -0.4 is 9.67 Å². The first-order valence-electron chi connectivity index (χ1n) is 7.91. The fourth-order valence-electron chi connectivity index (χ4n) is 2.70. The van der Waals surface area contributed by atoms with Gasteiger partial charge in [0, 0.05) is 17.1 Å². The number of rotatable bonds is 3. The molecule has 0 fully saturated rings. The van der Waals surface area contributed by atoms with E-state index in [0.717, 1.165) is 13.5 Å². The van der Waals surface area contributed by atoms with Gasteiger partial charge in [0.1, 0.15) is 0 Å². The van der Waals surface area contributed by atoms with E-state index in [1.165, 1.54) is 22.5 Å². The molecule has 1 heterocycles. The van der Waals surface area contributed by atoms with Crippen LogP contribution in [0.4, 0.5) is 0 Å². The zero-order valence-electron chi connectivity index (χ0n) is 14.3. The molecule has 4 heteroatoms. The molecule has 0 radical (unpaired) electrons. The highest BCUT2D eigenvalue weighted by Gasteiger charge is 2.23. The lowest BCUT2D eigenvalue weighted by atomic mass is 10.0. The van der Waals surface area contributed by atoms with E-state index >= 15 is 0 Å². The van der Waals surface area contributed by atoms with Crippen LogP contribution in [0, 0.1) is 0 Å². The van der Waals surface area contributed by atoms with Crippen molar-refractivity contribution in [3.05, 3.63) is 67.0 Å². The third kappa shape index (κ3) is 4.10. The Bertz CT molecular complexity index is 789. The molecule has 0 aliphatic carbocycles. The number of aryl methyl sites for hydroxylation is 2. The van der Waals surface area contributed by atoms with E-state index in [2.05, 4.69) is 90.1 Å². The van der Waals surface area contributed by atoms with Crippen LogP contribution in [0.5, 0.6) is 0 Å². The van der Waals surface area contributed by atoms with Crippen molar-refractivity contribution in [2.24, 2.45) is 7.05 Å². The Morgan fingerprint density at radius 3 is 1.92 bits per heavy atom. The molecule has 0 bridgehead atoms. The Morgan fingerprint density at radius 2 is 1.46 bits per heavy atom. The topological polar surface area (TPSA) is 48.9 Å². The molecule has 3 aromatic rings. The number of carbonyl (C=O) groups is 1. The standard InChI is InChI=1S/C18H19N2.C2H4O2/c1-3-20-14-19(2)17(15-10-6-4-7-11-15)18(20)16-12-8-5-9-13-16;1-2(3)4/h4-14H,3H2,1-2H3;1H3,(H,3,4)/q+1;/p-1. The minimum atomic E-state index is -1.08. The molecule has 0 aliphatic rings. The van der Waals surface area contributed by atoms with Crippen molar-refractivity contribution in [2.75, 3.05) is 0 Å². The number of carboxylic acid groups (broad SMARTS) is 1. The third-order valence-electron chi connectivity index (χ3n) is 3.61. The van der Waals surface area contributed by atoms with Crippen LogP contribution in [0.25, 0.3) is 22.5 Å². The van der Waals surface area contributed by atoms with Crippen molar-refractivity contribution < 1.29 is 14.5 Å². The molecule has 3 rings (SSSR count).